The summed E-state index contributed by atoms with van der Waals surface area (Å²) < 4.78 is 1.77. The minimum atomic E-state index is -0.952. The molecule has 0 aliphatic heterocycles. The Kier molecular flexibility index (Phi) is 3.16. The number of halogens is 1. The molecule has 5 heteroatoms. The number of aromatic nitrogens is 2. The van der Waals surface area contributed by atoms with E-state index < -0.39 is 5.97 Å². The summed E-state index contributed by atoms with van der Waals surface area (Å²) >= 11 is 5.96. The average Bonchev–Trinajstić information content (AvgIpc) is 2.78. The van der Waals surface area contributed by atoms with Crippen molar-refractivity contribution in [1.29, 1.82) is 0 Å². The van der Waals surface area contributed by atoms with Gasteiger partial charge in [-0.1, -0.05) is 11.6 Å². The van der Waals surface area contributed by atoms with Gasteiger partial charge in [-0.25, -0.2) is 4.79 Å². The van der Waals surface area contributed by atoms with Gasteiger partial charge in [0.15, 0.2) is 0 Å². The van der Waals surface area contributed by atoms with Gasteiger partial charge >= 0.3 is 5.97 Å². The first-order valence-corrected chi connectivity index (χ1v) is 6.44. The summed E-state index contributed by atoms with van der Waals surface area (Å²) in [4.78, 5) is 15.4. The van der Waals surface area contributed by atoms with E-state index in [1.807, 2.05) is 18.2 Å². The molecule has 0 fully saturated rings. The Balaban J connectivity index is 2.16. The number of benzene rings is 1. The largest absolute Gasteiger partial charge is 0.477 e. The van der Waals surface area contributed by atoms with Crippen LogP contribution in [0.1, 0.15) is 16.1 Å². The van der Waals surface area contributed by atoms with Crippen molar-refractivity contribution >= 4 is 28.5 Å². The molecule has 100 valence electrons. The Bertz CT molecular complexity index is 781. The van der Waals surface area contributed by atoms with Crippen LogP contribution in [0.3, 0.4) is 0 Å². The molecule has 0 saturated carbocycles. The number of carboxylic acid groups (broad SMARTS) is 1. The summed E-state index contributed by atoms with van der Waals surface area (Å²) in [5.74, 6) is -0.952. The van der Waals surface area contributed by atoms with Crippen molar-refractivity contribution in [3.63, 3.8) is 0 Å². The molecule has 0 aliphatic rings. The molecule has 4 nitrogen and oxygen atoms in total. The Morgan fingerprint density at radius 1 is 1.20 bits per heavy atom. The average molecular weight is 287 g/mol. The highest BCUT2D eigenvalue weighted by atomic mass is 35.5. The predicted octanol–water partition coefficient (Wildman–Crippen LogP) is 3.44. The van der Waals surface area contributed by atoms with Gasteiger partial charge in [-0.05, 0) is 42.0 Å². The second kappa shape index (κ2) is 4.98. The molecule has 3 rings (SSSR count). The molecular weight excluding hydrogens is 276 g/mol. The molecule has 0 unspecified atom stereocenters. The van der Waals surface area contributed by atoms with Gasteiger partial charge in [-0.15, -0.1) is 0 Å². The van der Waals surface area contributed by atoms with Gasteiger partial charge in [0, 0.05) is 34.9 Å². The number of hydrogen-bond donors (Lipinski definition) is 1. The summed E-state index contributed by atoms with van der Waals surface area (Å²) in [5.41, 5.74) is 2.10. The first-order valence-electron chi connectivity index (χ1n) is 6.06. The molecule has 0 saturated heterocycles. The van der Waals surface area contributed by atoms with E-state index in [4.69, 9.17) is 11.6 Å². The fraction of sp³-hybridized carbons (Fsp3) is 0.0667. The molecule has 2 heterocycles. The lowest BCUT2D eigenvalue weighted by molar-refractivity contribution is 0.0686. The summed E-state index contributed by atoms with van der Waals surface area (Å²) in [7, 11) is 0. The predicted molar refractivity (Wildman–Crippen MR) is 77.2 cm³/mol. The first-order chi connectivity index (χ1) is 9.65. The van der Waals surface area contributed by atoms with E-state index in [0.717, 1.165) is 16.5 Å². The molecule has 0 spiro atoms. The van der Waals surface area contributed by atoms with Crippen molar-refractivity contribution in [2.75, 3.05) is 0 Å². The maximum atomic E-state index is 11.4. The molecule has 0 aliphatic carbocycles. The number of carboxylic acids is 1. The third-order valence-corrected chi connectivity index (χ3v) is 3.41. The van der Waals surface area contributed by atoms with Crippen molar-refractivity contribution in [2.24, 2.45) is 0 Å². The number of rotatable bonds is 3. The third kappa shape index (κ3) is 2.26. The fourth-order valence-electron chi connectivity index (χ4n) is 2.26. The molecule has 0 radical (unpaired) electrons. The van der Waals surface area contributed by atoms with Crippen LogP contribution >= 0.6 is 11.6 Å². The summed E-state index contributed by atoms with van der Waals surface area (Å²) in [6.45, 7) is 0.481. The van der Waals surface area contributed by atoms with Crippen LogP contribution in [0.5, 0.6) is 0 Å². The number of fused-ring (bicyclic) bond motifs is 1. The first kappa shape index (κ1) is 12.7. The second-order valence-corrected chi connectivity index (χ2v) is 4.92. The normalized spacial score (nSPS) is 10.8. The molecular formula is C15H11ClN2O2. The summed E-state index contributed by atoms with van der Waals surface area (Å²) in [6, 6.07) is 10.8. The van der Waals surface area contributed by atoms with Crippen molar-refractivity contribution in [1.82, 2.24) is 9.55 Å². The number of hydrogen-bond acceptors (Lipinski definition) is 2. The molecule has 0 bridgehead atoms. The van der Waals surface area contributed by atoms with Crippen LogP contribution in [-0.4, -0.2) is 20.6 Å². The van der Waals surface area contributed by atoms with Crippen molar-refractivity contribution in [2.45, 2.75) is 6.54 Å². The minimum absolute atomic E-state index is 0.249. The Morgan fingerprint density at radius 3 is 2.65 bits per heavy atom. The van der Waals surface area contributed by atoms with Gasteiger partial charge in [-0.3, -0.25) is 4.98 Å². The highest BCUT2D eigenvalue weighted by Crippen LogP contribution is 2.24. The monoisotopic (exact) mass is 286 g/mol. The molecule has 2 aromatic heterocycles. The molecule has 1 aromatic carbocycles. The molecule has 0 atom stereocenters. The van der Waals surface area contributed by atoms with E-state index in [2.05, 4.69) is 4.98 Å². The van der Waals surface area contributed by atoms with Gasteiger partial charge in [0.05, 0.1) is 0 Å². The zero-order valence-electron chi connectivity index (χ0n) is 10.5. The van der Waals surface area contributed by atoms with Crippen LogP contribution in [0.15, 0.2) is 48.8 Å². The van der Waals surface area contributed by atoms with Crippen LogP contribution in [0, 0.1) is 0 Å². The van der Waals surface area contributed by atoms with Crippen LogP contribution in [0.4, 0.5) is 0 Å². The maximum Gasteiger partial charge on any atom is 0.352 e. The van der Waals surface area contributed by atoms with E-state index in [9.17, 15) is 9.90 Å². The lowest BCUT2D eigenvalue weighted by Gasteiger charge is -2.08. The van der Waals surface area contributed by atoms with Crippen LogP contribution in [-0.2, 0) is 6.54 Å². The van der Waals surface area contributed by atoms with E-state index in [1.165, 1.54) is 0 Å². The summed E-state index contributed by atoms with van der Waals surface area (Å²) in [6.07, 6.45) is 3.39. The van der Waals surface area contributed by atoms with Gasteiger partial charge in [0.25, 0.3) is 0 Å². The second-order valence-electron chi connectivity index (χ2n) is 4.48. The fourth-order valence-corrected chi connectivity index (χ4v) is 2.44. The third-order valence-electron chi connectivity index (χ3n) is 3.17. The number of aromatic carboxylic acids is 1. The van der Waals surface area contributed by atoms with Gasteiger partial charge in [0.2, 0.25) is 0 Å². The lowest BCUT2D eigenvalue weighted by atomic mass is 10.2. The van der Waals surface area contributed by atoms with E-state index in [-0.39, 0.29) is 5.69 Å². The van der Waals surface area contributed by atoms with Gasteiger partial charge < -0.3 is 9.67 Å². The quantitative estimate of drug-likeness (QED) is 0.802. The van der Waals surface area contributed by atoms with Gasteiger partial charge in [-0.2, -0.15) is 0 Å². The zero-order chi connectivity index (χ0) is 14.1. The van der Waals surface area contributed by atoms with Crippen molar-refractivity contribution < 1.29 is 9.90 Å². The van der Waals surface area contributed by atoms with Crippen LogP contribution in [0.2, 0.25) is 5.02 Å². The molecule has 3 aromatic rings. The number of nitrogens with zero attached hydrogens (tertiary/aromatic N) is 2. The maximum absolute atomic E-state index is 11.4. The number of carbonyl (C=O) groups is 1. The van der Waals surface area contributed by atoms with Crippen molar-refractivity contribution in [3.05, 3.63) is 65.1 Å². The topological polar surface area (TPSA) is 55.1 Å². The summed E-state index contributed by atoms with van der Waals surface area (Å²) in [5, 5.41) is 10.8. The van der Waals surface area contributed by atoms with E-state index in [1.54, 1.807) is 35.2 Å². The molecule has 1 N–H and O–H groups in total. The minimum Gasteiger partial charge on any atom is -0.477 e. The Labute approximate surface area is 120 Å². The lowest BCUT2D eigenvalue weighted by Crippen LogP contribution is -2.09. The van der Waals surface area contributed by atoms with Gasteiger partial charge in [0.1, 0.15) is 5.69 Å². The Hall–Kier alpha value is -2.33. The van der Waals surface area contributed by atoms with E-state index >= 15 is 0 Å². The van der Waals surface area contributed by atoms with Crippen LogP contribution in [0.25, 0.3) is 10.9 Å². The zero-order valence-corrected chi connectivity index (χ0v) is 11.2. The van der Waals surface area contributed by atoms with E-state index in [0.29, 0.717) is 11.6 Å². The SMILES string of the molecule is O=C(O)c1cc2cc(Cl)ccc2n1Cc1ccncc1. The highest BCUT2D eigenvalue weighted by molar-refractivity contribution is 6.31. The van der Waals surface area contributed by atoms with Crippen molar-refractivity contribution in [3.8, 4) is 0 Å². The highest BCUT2D eigenvalue weighted by Gasteiger charge is 2.15. The van der Waals surface area contributed by atoms with Crippen LogP contribution < -0.4 is 0 Å². The number of pyridine rings is 1. The molecule has 20 heavy (non-hydrogen) atoms. The standard InChI is InChI=1S/C15H11ClN2O2/c16-12-1-2-13-11(7-12)8-14(15(19)20)18(13)9-10-3-5-17-6-4-10/h1-8H,9H2,(H,19,20). The smallest absolute Gasteiger partial charge is 0.352 e. The molecule has 0 amide bonds. The Morgan fingerprint density at radius 2 is 1.95 bits per heavy atom.